The van der Waals surface area contributed by atoms with Gasteiger partial charge in [-0.05, 0) is 24.6 Å². The average molecular weight is 283 g/mol. The molecular weight excluding hydrogens is 262 g/mol. The summed E-state index contributed by atoms with van der Waals surface area (Å²) in [5.41, 5.74) is 6.89. The van der Waals surface area contributed by atoms with E-state index in [1.807, 2.05) is 12.1 Å². The Bertz CT molecular complexity index is 534. The van der Waals surface area contributed by atoms with E-state index in [0.717, 1.165) is 18.7 Å². The highest BCUT2D eigenvalue weighted by atomic mass is 32.2. The lowest BCUT2D eigenvalue weighted by atomic mass is 10.0. The van der Waals surface area contributed by atoms with Crippen LogP contribution in [0.1, 0.15) is 18.5 Å². The molecule has 1 aliphatic rings. The molecule has 0 saturated carbocycles. The molecule has 0 spiro atoms. The summed E-state index contributed by atoms with van der Waals surface area (Å²) in [4.78, 5) is 2.61. The molecule has 1 saturated heterocycles. The first-order valence-corrected chi connectivity index (χ1v) is 7.78. The van der Waals surface area contributed by atoms with E-state index in [4.69, 9.17) is 5.73 Å². The van der Waals surface area contributed by atoms with E-state index in [1.54, 1.807) is 12.1 Å². The van der Waals surface area contributed by atoms with Crippen LogP contribution in [-0.4, -0.2) is 50.8 Å². The molecule has 1 atom stereocenters. The molecule has 0 aliphatic carbocycles. The summed E-state index contributed by atoms with van der Waals surface area (Å²) in [6.07, 6.45) is 0. The van der Waals surface area contributed by atoms with Crippen LogP contribution < -0.4 is 5.73 Å². The van der Waals surface area contributed by atoms with Gasteiger partial charge in [0.05, 0.1) is 4.90 Å². The zero-order chi connectivity index (χ0) is 14.2. The second kappa shape index (κ2) is 5.20. The van der Waals surface area contributed by atoms with Crippen molar-refractivity contribution in [3.05, 3.63) is 29.8 Å². The molecule has 0 aromatic heterocycles. The van der Waals surface area contributed by atoms with Crippen LogP contribution in [0, 0.1) is 0 Å². The summed E-state index contributed by atoms with van der Waals surface area (Å²) in [7, 11) is -0.270. The summed E-state index contributed by atoms with van der Waals surface area (Å²) in [6.45, 7) is 3.92. The third-order valence-electron chi connectivity index (χ3n) is 3.63. The van der Waals surface area contributed by atoms with Crippen molar-refractivity contribution >= 4 is 10.0 Å². The van der Waals surface area contributed by atoms with Gasteiger partial charge in [0.25, 0.3) is 0 Å². The van der Waals surface area contributed by atoms with Crippen molar-refractivity contribution in [2.45, 2.75) is 23.9 Å². The van der Waals surface area contributed by atoms with E-state index >= 15 is 0 Å². The SMILES string of the molecule is CC(c1ccc(S(=O)(=O)N(C)C)cc1)N1CC(N)C1. The largest absolute Gasteiger partial charge is 0.325 e. The first-order valence-electron chi connectivity index (χ1n) is 6.34. The first kappa shape index (κ1) is 14.5. The molecule has 5 nitrogen and oxygen atoms in total. The lowest BCUT2D eigenvalue weighted by Gasteiger charge is -2.41. The van der Waals surface area contributed by atoms with Crippen molar-refractivity contribution in [2.24, 2.45) is 5.73 Å². The molecule has 0 amide bonds. The van der Waals surface area contributed by atoms with E-state index in [0.29, 0.717) is 4.90 Å². The van der Waals surface area contributed by atoms with Crippen molar-refractivity contribution in [3.8, 4) is 0 Å². The van der Waals surface area contributed by atoms with Gasteiger partial charge in [-0.15, -0.1) is 0 Å². The Hall–Kier alpha value is -0.950. The Balaban J connectivity index is 2.15. The third-order valence-corrected chi connectivity index (χ3v) is 5.46. The number of likely N-dealkylation sites (tertiary alicyclic amines) is 1. The van der Waals surface area contributed by atoms with Crippen LogP contribution in [0.15, 0.2) is 29.2 Å². The van der Waals surface area contributed by atoms with E-state index in [-0.39, 0.29) is 12.1 Å². The fraction of sp³-hybridized carbons (Fsp3) is 0.538. The van der Waals surface area contributed by atoms with E-state index < -0.39 is 10.0 Å². The minimum Gasteiger partial charge on any atom is -0.325 e. The van der Waals surface area contributed by atoms with Crippen LogP contribution in [0.3, 0.4) is 0 Å². The maximum atomic E-state index is 12.0. The summed E-state index contributed by atoms with van der Waals surface area (Å²) in [5, 5.41) is 0. The summed E-state index contributed by atoms with van der Waals surface area (Å²) in [6, 6.07) is 7.64. The van der Waals surface area contributed by atoms with Gasteiger partial charge in [-0.1, -0.05) is 12.1 Å². The molecule has 106 valence electrons. The highest BCUT2D eigenvalue weighted by molar-refractivity contribution is 7.89. The third kappa shape index (κ3) is 2.81. The molecule has 1 heterocycles. The molecule has 6 heteroatoms. The molecule has 19 heavy (non-hydrogen) atoms. The van der Waals surface area contributed by atoms with Crippen LogP contribution in [0.5, 0.6) is 0 Å². The van der Waals surface area contributed by atoms with Gasteiger partial charge in [0.2, 0.25) is 10.0 Å². The van der Waals surface area contributed by atoms with Crippen molar-refractivity contribution in [3.63, 3.8) is 0 Å². The van der Waals surface area contributed by atoms with E-state index in [2.05, 4.69) is 11.8 Å². The molecule has 0 bridgehead atoms. The Morgan fingerprint density at radius 2 is 1.79 bits per heavy atom. The van der Waals surface area contributed by atoms with Gasteiger partial charge >= 0.3 is 0 Å². The topological polar surface area (TPSA) is 66.6 Å². The maximum Gasteiger partial charge on any atom is 0.242 e. The number of benzene rings is 1. The van der Waals surface area contributed by atoms with Gasteiger partial charge in [0.1, 0.15) is 0 Å². The molecule has 2 rings (SSSR count). The lowest BCUT2D eigenvalue weighted by Crippen LogP contribution is -2.56. The van der Waals surface area contributed by atoms with Gasteiger partial charge in [-0.25, -0.2) is 12.7 Å². The smallest absolute Gasteiger partial charge is 0.242 e. The van der Waals surface area contributed by atoms with Crippen LogP contribution in [0.25, 0.3) is 0 Å². The number of sulfonamides is 1. The molecule has 0 radical (unpaired) electrons. The minimum atomic E-state index is -3.34. The molecule has 1 aromatic rings. The highest BCUT2D eigenvalue weighted by Crippen LogP contribution is 2.25. The molecular formula is C13H21N3O2S. The Labute approximate surface area is 115 Å². The Morgan fingerprint density at radius 1 is 1.26 bits per heavy atom. The van der Waals surface area contributed by atoms with Crippen LogP contribution in [0.2, 0.25) is 0 Å². The Morgan fingerprint density at radius 3 is 2.21 bits per heavy atom. The number of hydrogen-bond acceptors (Lipinski definition) is 4. The van der Waals surface area contributed by atoms with Crippen LogP contribution >= 0.6 is 0 Å². The number of nitrogens with two attached hydrogens (primary N) is 1. The fourth-order valence-corrected chi connectivity index (χ4v) is 3.11. The quantitative estimate of drug-likeness (QED) is 0.880. The second-order valence-electron chi connectivity index (χ2n) is 5.25. The average Bonchev–Trinajstić information content (AvgIpc) is 2.34. The fourth-order valence-electron chi connectivity index (χ4n) is 2.21. The van der Waals surface area contributed by atoms with Crippen LogP contribution in [0.4, 0.5) is 0 Å². The lowest BCUT2D eigenvalue weighted by molar-refractivity contribution is 0.103. The van der Waals surface area contributed by atoms with E-state index in [9.17, 15) is 8.42 Å². The van der Waals surface area contributed by atoms with Crippen molar-refractivity contribution < 1.29 is 8.42 Å². The van der Waals surface area contributed by atoms with Gasteiger partial charge in [-0.2, -0.15) is 0 Å². The summed E-state index contributed by atoms with van der Waals surface area (Å²) in [5.74, 6) is 0. The first-order chi connectivity index (χ1) is 8.82. The summed E-state index contributed by atoms with van der Waals surface area (Å²) >= 11 is 0. The Kier molecular flexibility index (Phi) is 3.96. The predicted octanol–water partition coefficient (Wildman–Crippen LogP) is 0.641. The van der Waals surface area contributed by atoms with Gasteiger partial charge in [0.15, 0.2) is 0 Å². The zero-order valence-electron chi connectivity index (χ0n) is 11.6. The monoisotopic (exact) mass is 283 g/mol. The molecule has 1 aliphatic heterocycles. The van der Waals surface area contributed by atoms with Gasteiger partial charge in [-0.3, -0.25) is 4.90 Å². The normalized spacial score (nSPS) is 19.4. The van der Waals surface area contributed by atoms with Crippen molar-refractivity contribution in [1.29, 1.82) is 0 Å². The number of hydrogen-bond donors (Lipinski definition) is 1. The molecule has 1 fully saturated rings. The number of rotatable bonds is 4. The van der Waals surface area contributed by atoms with E-state index in [1.165, 1.54) is 18.4 Å². The molecule has 1 unspecified atom stereocenters. The zero-order valence-corrected chi connectivity index (χ0v) is 12.4. The van der Waals surface area contributed by atoms with Crippen molar-refractivity contribution in [1.82, 2.24) is 9.21 Å². The highest BCUT2D eigenvalue weighted by Gasteiger charge is 2.28. The minimum absolute atomic E-state index is 0.274. The molecule has 1 aromatic carbocycles. The summed E-state index contributed by atoms with van der Waals surface area (Å²) < 4.78 is 25.1. The standard InChI is InChI=1S/C13H21N3O2S/c1-10(16-8-12(14)9-16)11-4-6-13(7-5-11)19(17,18)15(2)3/h4-7,10,12H,8-9,14H2,1-3H3. The van der Waals surface area contributed by atoms with Gasteiger partial charge < -0.3 is 5.73 Å². The molecule has 2 N–H and O–H groups in total. The predicted molar refractivity (Wildman–Crippen MR) is 75.3 cm³/mol. The van der Waals surface area contributed by atoms with Crippen molar-refractivity contribution in [2.75, 3.05) is 27.2 Å². The van der Waals surface area contributed by atoms with Gasteiger partial charge in [0, 0.05) is 39.3 Å². The number of nitrogens with zero attached hydrogens (tertiary/aromatic N) is 2. The maximum absolute atomic E-state index is 12.0. The van der Waals surface area contributed by atoms with Crippen LogP contribution in [-0.2, 0) is 10.0 Å². The second-order valence-corrected chi connectivity index (χ2v) is 7.40.